The van der Waals surface area contributed by atoms with Crippen molar-refractivity contribution in [3.05, 3.63) is 34.6 Å². The van der Waals surface area contributed by atoms with E-state index in [0.29, 0.717) is 11.1 Å². The van der Waals surface area contributed by atoms with E-state index >= 15 is 0 Å². The summed E-state index contributed by atoms with van der Waals surface area (Å²) in [6.07, 6.45) is 4.37. The Kier molecular flexibility index (Phi) is 3.03. The lowest BCUT2D eigenvalue weighted by Crippen LogP contribution is -1.83. The predicted molar refractivity (Wildman–Crippen MR) is 48.6 cm³/mol. The quantitative estimate of drug-likeness (QED) is 0.502. The molecule has 0 amide bonds. The van der Waals surface area contributed by atoms with Gasteiger partial charge in [0.25, 0.3) is 0 Å². The summed E-state index contributed by atoms with van der Waals surface area (Å²) in [5, 5.41) is 17.0. The highest BCUT2D eigenvalue weighted by molar-refractivity contribution is 6.30. The van der Waals surface area contributed by atoms with Gasteiger partial charge < -0.3 is 0 Å². The monoisotopic (exact) mass is 189 g/mol. The molecule has 0 aliphatic carbocycles. The number of nitrogens with zero attached hydrogens (tertiary/aromatic N) is 3. The summed E-state index contributed by atoms with van der Waals surface area (Å²) in [5.74, 6) is 0. The van der Waals surface area contributed by atoms with Crippen LogP contribution in [0, 0.1) is 22.7 Å². The van der Waals surface area contributed by atoms with E-state index in [2.05, 4.69) is 4.98 Å². The summed E-state index contributed by atoms with van der Waals surface area (Å²) in [4.78, 5) is 3.79. The molecule has 1 aromatic heterocycles. The third kappa shape index (κ3) is 2.30. The molecule has 0 bridgehead atoms. The van der Waals surface area contributed by atoms with Crippen molar-refractivity contribution < 1.29 is 0 Å². The van der Waals surface area contributed by atoms with Gasteiger partial charge in [-0.1, -0.05) is 11.6 Å². The number of hydrogen-bond acceptors (Lipinski definition) is 3. The fourth-order valence-electron chi connectivity index (χ4n) is 0.767. The third-order valence-electron chi connectivity index (χ3n) is 1.33. The fourth-order valence-corrected chi connectivity index (χ4v) is 0.913. The van der Waals surface area contributed by atoms with Gasteiger partial charge in [-0.05, 0) is 17.7 Å². The molecule has 0 unspecified atom stereocenters. The molecule has 0 N–H and O–H groups in total. The van der Waals surface area contributed by atoms with Gasteiger partial charge in [0.15, 0.2) is 0 Å². The van der Waals surface area contributed by atoms with Crippen LogP contribution in [0.25, 0.3) is 6.08 Å². The predicted octanol–water partition coefficient (Wildman–Crippen LogP) is 2.14. The second-order valence-corrected chi connectivity index (χ2v) is 2.54. The average Bonchev–Trinajstić information content (AvgIpc) is 2.16. The SMILES string of the molecule is N#CC=Cc1cnc(Cl)c(C#N)c1. The van der Waals surface area contributed by atoms with Crippen molar-refractivity contribution in [3.8, 4) is 12.1 Å². The maximum Gasteiger partial charge on any atom is 0.146 e. The molecule has 0 aliphatic heterocycles. The number of aromatic nitrogens is 1. The average molecular weight is 190 g/mol. The van der Waals surface area contributed by atoms with Crippen molar-refractivity contribution in [1.29, 1.82) is 10.5 Å². The fraction of sp³-hybridized carbons (Fsp3) is 0. The van der Waals surface area contributed by atoms with Crippen LogP contribution in [-0.2, 0) is 0 Å². The van der Waals surface area contributed by atoms with Crippen molar-refractivity contribution in [1.82, 2.24) is 4.98 Å². The first-order chi connectivity index (χ1) is 6.27. The van der Waals surface area contributed by atoms with Crippen LogP contribution >= 0.6 is 11.6 Å². The summed E-state index contributed by atoms with van der Waals surface area (Å²) in [5.41, 5.74) is 0.990. The zero-order chi connectivity index (χ0) is 9.68. The van der Waals surface area contributed by atoms with Gasteiger partial charge >= 0.3 is 0 Å². The Balaban J connectivity index is 3.10. The van der Waals surface area contributed by atoms with Gasteiger partial charge in [-0.25, -0.2) is 4.98 Å². The van der Waals surface area contributed by atoms with Crippen LogP contribution in [0.1, 0.15) is 11.1 Å². The highest BCUT2D eigenvalue weighted by Gasteiger charge is 1.99. The summed E-state index contributed by atoms with van der Waals surface area (Å²) in [6, 6.07) is 5.32. The van der Waals surface area contributed by atoms with Gasteiger partial charge in [-0.3, -0.25) is 0 Å². The summed E-state index contributed by atoms with van der Waals surface area (Å²) in [6.45, 7) is 0. The van der Waals surface area contributed by atoms with E-state index in [1.807, 2.05) is 12.1 Å². The molecule has 0 spiro atoms. The number of halogens is 1. The molecule has 3 nitrogen and oxygen atoms in total. The molecule has 0 saturated heterocycles. The lowest BCUT2D eigenvalue weighted by molar-refractivity contribution is 1.29. The molecule has 4 heteroatoms. The Morgan fingerprint density at radius 1 is 1.46 bits per heavy atom. The molecule has 0 aliphatic rings. The molecule has 0 fully saturated rings. The van der Waals surface area contributed by atoms with E-state index in [0.717, 1.165) is 0 Å². The summed E-state index contributed by atoms with van der Waals surface area (Å²) >= 11 is 5.61. The zero-order valence-electron chi connectivity index (χ0n) is 6.53. The van der Waals surface area contributed by atoms with Crippen LogP contribution in [0.15, 0.2) is 18.3 Å². The first-order valence-electron chi connectivity index (χ1n) is 3.39. The van der Waals surface area contributed by atoms with E-state index in [1.165, 1.54) is 12.3 Å². The first kappa shape index (κ1) is 9.25. The maximum absolute atomic E-state index is 8.60. The molecule has 1 heterocycles. The minimum absolute atomic E-state index is 0.177. The van der Waals surface area contributed by atoms with Crippen LogP contribution in [-0.4, -0.2) is 4.98 Å². The first-order valence-corrected chi connectivity index (χ1v) is 3.77. The van der Waals surface area contributed by atoms with Crippen LogP contribution < -0.4 is 0 Å². The minimum Gasteiger partial charge on any atom is -0.243 e. The van der Waals surface area contributed by atoms with E-state index in [-0.39, 0.29) is 5.15 Å². The van der Waals surface area contributed by atoms with Crippen molar-refractivity contribution in [2.45, 2.75) is 0 Å². The minimum atomic E-state index is 0.177. The number of rotatable bonds is 1. The smallest absolute Gasteiger partial charge is 0.146 e. The molecule has 1 rings (SSSR count). The lowest BCUT2D eigenvalue weighted by atomic mass is 10.2. The molecule has 13 heavy (non-hydrogen) atoms. The molecule has 1 aromatic rings. The Bertz CT molecular complexity index is 423. The van der Waals surface area contributed by atoms with Crippen molar-refractivity contribution in [2.24, 2.45) is 0 Å². The highest BCUT2D eigenvalue weighted by Crippen LogP contribution is 2.13. The lowest BCUT2D eigenvalue weighted by Gasteiger charge is -1.94. The highest BCUT2D eigenvalue weighted by atomic mass is 35.5. The van der Waals surface area contributed by atoms with Gasteiger partial charge in [0.2, 0.25) is 0 Å². The Morgan fingerprint density at radius 2 is 2.23 bits per heavy atom. The number of nitriles is 2. The Morgan fingerprint density at radius 3 is 2.85 bits per heavy atom. The Labute approximate surface area is 80.5 Å². The van der Waals surface area contributed by atoms with E-state index in [1.54, 1.807) is 12.1 Å². The van der Waals surface area contributed by atoms with E-state index in [4.69, 9.17) is 22.1 Å². The van der Waals surface area contributed by atoms with Crippen LogP contribution in [0.5, 0.6) is 0 Å². The van der Waals surface area contributed by atoms with Gasteiger partial charge in [-0.2, -0.15) is 10.5 Å². The van der Waals surface area contributed by atoms with Crippen molar-refractivity contribution in [3.63, 3.8) is 0 Å². The second kappa shape index (κ2) is 4.25. The van der Waals surface area contributed by atoms with Crippen LogP contribution in [0.2, 0.25) is 5.15 Å². The number of hydrogen-bond donors (Lipinski definition) is 0. The molecule has 0 saturated carbocycles. The molecule has 62 valence electrons. The molecule has 0 aromatic carbocycles. The van der Waals surface area contributed by atoms with Crippen molar-refractivity contribution in [2.75, 3.05) is 0 Å². The topological polar surface area (TPSA) is 60.5 Å². The molecular formula is C9H4ClN3. The molecule has 0 radical (unpaired) electrons. The third-order valence-corrected chi connectivity index (χ3v) is 1.63. The van der Waals surface area contributed by atoms with Crippen LogP contribution in [0.3, 0.4) is 0 Å². The van der Waals surface area contributed by atoms with Crippen LogP contribution in [0.4, 0.5) is 0 Å². The zero-order valence-corrected chi connectivity index (χ0v) is 7.28. The largest absolute Gasteiger partial charge is 0.243 e. The Hall–Kier alpha value is -1.84. The maximum atomic E-state index is 8.60. The van der Waals surface area contributed by atoms with E-state index in [9.17, 15) is 0 Å². The molecule has 0 atom stereocenters. The van der Waals surface area contributed by atoms with Gasteiger partial charge in [0.05, 0.1) is 11.6 Å². The normalized spacial score (nSPS) is 9.46. The van der Waals surface area contributed by atoms with Gasteiger partial charge in [-0.15, -0.1) is 0 Å². The number of pyridine rings is 1. The number of allylic oxidation sites excluding steroid dienone is 1. The van der Waals surface area contributed by atoms with Gasteiger partial charge in [0, 0.05) is 12.3 Å². The van der Waals surface area contributed by atoms with Gasteiger partial charge in [0.1, 0.15) is 11.2 Å². The second-order valence-electron chi connectivity index (χ2n) is 2.18. The van der Waals surface area contributed by atoms with Crippen molar-refractivity contribution >= 4 is 17.7 Å². The summed E-state index contributed by atoms with van der Waals surface area (Å²) < 4.78 is 0. The molecular weight excluding hydrogens is 186 g/mol. The standard InChI is InChI=1S/C9H4ClN3/c10-9-8(5-12)4-7(6-13-9)2-1-3-11/h1-2,4,6H. The van der Waals surface area contributed by atoms with E-state index < -0.39 is 0 Å². The summed E-state index contributed by atoms with van der Waals surface area (Å²) in [7, 11) is 0.